The Hall–Kier alpha value is -1.85. The van der Waals surface area contributed by atoms with E-state index in [1.54, 1.807) is 0 Å². The molecule has 0 radical (unpaired) electrons. The van der Waals surface area contributed by atoms with Crippen molar-refractivity contribution in [1.29, 1.82) is 0 Å². The van der Waals surface area contributed by atoms with Crippen molar-refractivity contribution < 1.29 is 9.53 Å². The maximum atomic E-state index is 12.1. The highest BCUT2D eigenvalue weighted by atomic mass is 79.9. The quantitative estimate of drug-likeness (QED) is 0.625. The van der Waals surface area contributed by atoms with Gasteiger partial charge in [-0.3, -0.25) is 4.79 Å². The molecule has 2 N–H and O–H groups in total. The lowest BCUT2D eigenvalue weighted by Crippen LogP contribution is -2.17. The number of benzene rings is 2. The van der Waals surface area contributed by atoms with Gasteiger partial charge in [0.2, 0.25) is 5.91 Å². The fourth-order valence-corrected chi connectivity index (χ4v) is 2.63. The number of nitrogens with one attached hydrogen (secondary N) is 2. The van der Waals surface area contributed by atoms with Crippen LogP contribution in [0.5, 0.6) is 5.75 Å². The lowest BCUT2D eigenvalue weighted by Gasteiger charge is -2.11. The first-order valence-corrected chi connectivity index (χ1v) is 8.95. The molecule has 5 heteroatoms. The summed E-state index contributed by atoms with van der Waals surface area (Å²) in [5, 5.41) is 6.26. The average molecular weight is 391 g/mol. The summed E-state index contributed by atoms with van der Waals surface area (Å²) in [4.78, 5) is 12.1. The molecule has 0 atom stereocenters. The average Bonchev–Trinajstić information content (AvgIpc) is 2.58. The molecule has 2 rings (SSSR count). The predicted molar refractivity (Wildman–Crippen MR) is 101 cm³/mol. The van der Waals surface area contributed by atoms with Crippen molar-refractivity contribution in [3.05, 3.63) is 58.6 Å². The predicted octanol–water partition coefficient (Wildman–Crippen LogP) is 4.36. The first-order valence-electron chi connectivity index (χ1n) is 8.16. The van der Waals surface area contributed by atoms with Crippen molar-refractivity contribution in [1.82, 2.24) is 5.32 Å². The van der Waals surface area contributed by atoms with Crippen LogP contribution in [-0.4, -0.2) is 19.1 Å². The Balaban J connectivity index is 1.75. The summed E-state index contributed by atoms with van der Waals surface area (Å²) < 4.78 is 6.63. The summed E-state index contributed by atoms with van der Waals surface area (Å²) in [7, 11) is 0. The van der Waals surface area contributed by atoms with Crippen LogP contribution in [0.1, 0.15) is 25.3 Å². The van der Waals surface area contributed by atoms with Crippen LogP contribution in [0.25, 0.3) is 0 Å². The minimum atomic E-state index is 0.0109. The fourth-order valence-electron chi connectivity index (χ4n) is 2.25. The Bertz CT molecular complexity index is 661. The van der Waals surface area contributed by atoms with Gasteiger partial charge in [-0.05, 0) is 42.8 Å². The highest BCUT2D eigenvalue weighted by molar-refractivity contribution is 9.10. The largest absolute Gasteiger partial charge is 0.494 e. The molecule has 0 fully saturated rings. The third-order valence-electron chi connectivity index (χ3n) is 3.47. The van der Waals surface area contributed by atoms with E-state index in [1.165, 1.54) is 0 Å². The number of para-hydroxylation sites is 1. The summed E-state index contributed by atoms with van der Waals surface area (Å²) in [5.74, 6) is 0.817. The van der Waals surface area contributed by atoms with E-state index in [-0.39, 0.29) is 5.91 Å². The topological polar surface area (TPSA) is 50.4 Å². The maximum absolute atomic E-state index is 12.1. The molecule has 0 unspecified atom stereocenters. The van der Waals surface area contributed by atoms with Gasteiger partial charge in [-0.1, -0.05) is 47.1 Å². The number of carbonyl (C=O) groups excluding carboxylic acids is 1. The molecule has 4 nitrogen and oxygen atoms in total. The Morgan fingerprint density at radius 1 is 1.17 bits per heavy atom. The molecule has 0 aliphatic heterocycles. The van der Waals surface area contributed by atoms with Crippen LogP contribution in [0.15, 0.2) is 53.0 Å². The molecule has 0 spiro atoms. The molecule has 0 bridgehead atoms. The van der Waals surface area contributed by atoms with Gasteiger partial charge in [0.15, 0.2) is 0 Å². The molecule has 128 valence electrons. The third kappa shape index (κ3) is 6.34. The van der Waals surface area contributed by atoms with Gasteiger partial charge >= 0.3 is 0 Å². The van der Waals surface area contributed by atoms with Gasteiger partial charge in [-0.25, -0.2) is 0 Å². The summed E-state index contributed by atoms with van der Waals surface area (Å²) in [6.07, 6.45) is 1.11. The summed E-state index contributed by atoms with van der Waals surface area (Å²) in [6, 6.07) is 15.6. The number of hydrogen-bond donors (Lipinski definition) is 2. The van der Waals surface area contributed by atoms with E-state index in [1.807, 2.05) is 48.5 Å². The zero-order chi connectivity index (χ0) is 17.2. The molecule has 0 aliphatic rings. The van der Waals surface area contributed by atoms with E-state index in [0.717, 1.165) is 34.6 Å². The standard InChI is InChI=1S/C19H23BrN2O2/c1-2-21-14-15-7-3-4-10-18(15)22-19(23)11-6-12-24-17-9-5-8-16(20)13-17/h3-5,7-10,13,21H,2,6,11-12,14H2,1H3,(H,22,23). The van der Waals surface area contributed by atoms with Crippen molar-refractivity contribution >= 4 is 27.5 Å². The van der Waals surface area contributed by atoms with Gasteiger partial charge < -0.3 is 15.4 Å². The van der Waals surface area contributed by atoms with Crippen LogP contribution in [0.2, 0.25) is 0 Å². The van der Waals surface area contributed by atoms with Crippen LogP contribution in [0.4, 0.5) is 5.69 Å². The minimum absolute atomic E-state index is 0.0109. The molecule has 0 heterocycles. The van der Waals surface area contributed by atoms with E-state index in [4.69, 9.17) is 4.74 Å². The SMILES string of the molecule is CCNCc1ccccc1NC(=O)CCCOc1cccc(Br)c1. The molecule has 0 aromatic heterocycles. The summed E-state index contributed by atoms with van der Waals surface area (Å²) >= 11 is 3.41. The Morgan fingerprint density at radius 2 is 2.00 bits per heavy atom. The second-order valence-electron chi connectivity index (χ2n) is 5.40. The van der Waals surface area contributed by atoms with Crippen LogP contribution in [-0.2, 0) is 11.3 Å². The maximum Gasteiger partial charge on any atom is 0.224 e. The van der Waals surface area contributed by atoms with Crippen molar-refractivity contribution in [3.8, 4) is 5.75 Å². The normalized spacial score (nSPS) is 10.4. The zero-order valence-electron chi connectivity index (χ0n) is 13.8. The van der Waals surface area contributed by atoms with Crippen molar-refractivity contribution in [3.63, 3.8) is 0 Å². The van der Waals surface area contributed by atoms with E-state index in [0.29, 0.717) is 19.4 Å². The molecular weight excluding hydrogens is 368 g/mol. The van der Waals surface area contributed by atoms with E-state index in [2.05, 4.69) is 33.5 Å². The van der Waals surface area contributed by atoms with Crippen LogP contribution in [0.3, 0.4) is 0 Å². The second-order valence-corrected chi connectivity index (χ2v) is 6.31. The first-order chi connectivity index (χ1) is 11.7. The molecule has 0 aliphatic carbocycles. The number of anilines is 1. The molecule has 24 heavy (non-hydrogen) atoms. The molecule has 2 aromatic rings. The van der Waals surface area contributed by atoms with Crippen molar-refractivity contribution in [2.75, 3.05) is 18.5 Å². The number of ether oxygens (including phenoxy) is 1. The number of rotatable bonds is 9. The third-order valence-corrected chi connectivity index (χ3v) is 3.96. The van der Waals surface area contributed by atoms with Crippen molar-refractivity contribution in [2.24, 2.45) is 0 Å². The second kappa shape index (κ2) is 10.1. The van der Waals surface area contributed by atoms with Gasteiger partial charge in [0.05, 0.1) is 6.61 Å². The highest BCUT2D eigenvalue weighted by Gasteiger charge is 2.06. The number of halogens is 1. The smallest absolute Gasteiger partial charge is 0.224 e. The van der Waals surface area contributed by atoms with Gasteiger partial charge in [0.25, 0.3) is 0 Å². The highest BCUT2D eigenvalue weighted by Crippen LogP contribution is 2.18. The monoisotopic (exact) mass is 390 g/mol. The van der Waals surface area contributed by atoms with Gasteiger partial charge in [0, 0.05) is 23.1 Å². The summed E-state index contributed by atoms with van der Waals surface area (Å²) in [6.45, 7) is 4.23. The Morgan fingerprint density at radius 3 is 2.79 bits per heavy atom. The molecule has 0 saturated heterocycles. The molecule has 2 aromatic carbocycles. The Kier molecular flexibility index (Phi) is 7.79. The van der Waals surface area contributed by atoms with Crippen LogP contribution in [0, 0.1) is 0 Å². The van der Waals surface area contributed by atoms with Crippen LogP contribution < -0.4 is 15.4 Å². The number of carbonyl (C=O) groups is 1. The minimum Gasteiger partial charge on any atom is -0.494 e. The van der Waals surface area contributed by atoms with Crippen molar-refractivity contribution in [2.45, 2.75) is 26.3 Å². The first kappa shape index (κ1) is 18.5. The van der Waals surface area contributed by atoms with Gasteiger partial charge in [0.1, 0.15) is 5.75 Å². The lowest BCUT2D eigenvalue weighted by molar-refractivity contribution is -0.116. The van der Waals surface area contributed by atoms with Crippen LogP contribution >= 0.6 is 15.9 Å². The van der Waals surface area contributed by atoms with E-state index >= 15 is 0 Å². The fraction of sp³-hybridized carbons (Fsp3) is 0.316. The lowest BCUT2D eigenvalue weighted by atomic mass is 10.1. The summed E-state index contributed by atoms with van der Waals surface area (Å²) in [5.41, 5.74) is 1.97. The molecular formula is C19H23BrN2O2. The van der Waals surface area contributed by atoms with E-state index in [9.17, 15) is 4.79 Å². The van der Waals surface area contributed by atoms with Gasteiger partial charge in [-0.2, -0.15) is 0 Å². The number of hydrogen-bond acceptors (Lipinski definition) is 3. The zero-order valence-corrected chi connectivity index (χ0v) is 15.4. The van der Waals surface area contributed by atoms with E-state index < -0.39 is 0 Å². The molecule has 0 saturated carbocycles. The van der Waals surface area contributed by atoms with Gasteiger partial charge in [-0.15, -0.1) is 0 Å². The molecule has 1 amide bonds. The Labute approximate surface area is 151 Å². The number of amides is 1.